The Morgan fingerprint density at radius 2 is 2.11 bits per heavy atom. The van der Waals surface area contributed by atoms with Crippen LogP contribution in [-0.2, 0) is 13.5 Å². The van der Waals surface area contributed by atoms with Crippen LogP contribution < -0.4 is 5.32 Å². The molecule has 1 atom stereocenters. The van der Waals surface area contributed by atoms with Crippen molar-refractivity contribution in [2.75, 3.05) is 7.05 Å². The third-order valence-corrected chi connectivity index (χ3v) is 4.54. The molecule has 0 spiro atoms. The van der Waals surface area contributed by atoms with Crippen LogP contribution in [0, 0.1) is 11.3 Å². The number of hydrogen-bond donors (Lipinski definition) is 1. The van der Waals surface area contributed by atoms with Gasteiger partial charge in [0, 0.05) is 19.3 Å². The van der Waals surface area contributed by atoms with Crippen LogP contribution in [0.1, 0.15) is 45.1 Å². The van der Waals surface area contributed by atoms with Crippen LogP contribution >= 0.6 is 0 Å². The van der Waals surface area contributed by atoms with E-state index < -0.39 is 0 Å². The molecule has 18 heavy (non-hydrogen) atoms. The smallest absolute Gasteiger partial charge is 0.0522 e. The molecule has 0 saturated heterocycles. The summed E-state index contributed by atoms with van der Waals surface area (Å²) in [5.41, 5.74) is 1.91. The van der Waals surface area contributed by atoms with Gasteiger partial charge >= 0.3 is 0 Å². The van der Waals surface area contributed by atoms with E-state index in [-0.39, 0.29) is 0 Å². The van der Waals surface area contributed by atoms with Gasteiger partial charge in [0.1, 0.15) is 0 Å². The highest BCUT2D eigenvalue weighted by Crippen LogP contribution is 2.39. The Balaban J connectivity index is 1.93. The SMILES string of the molecule is CNC(Cc1cnn(C)c1)C1CCC(C)(C)CC1. The van der Waals surface area contributed by atoms with Crippen LogP contribution in [0.5, 0.6) is 0 Å². The van der Waals surface area contributed by atoms with Crippen LogP contribution in [0.25, 0.3) is 0 Å². The first-order valence-corrected chi connectivity index (χ1v) is 7.15. The maximum absolute atomic E-state index is 4.26. The molecule has 1 unspecified atom stereocenters. The highest BCUT2D eigenvalue weighted by Gasteiger charge is 2.30. The summed E-state index contributed by atoms with van der Waals surface area (Å²) in [4.78, 5) is 0. The molecule has 1 heterocycles. The minimum atomic E-state index is 0.559. The Hall–Kier alpha value is -0.830. The van der Waals surface area contributed by atoms with Crippen molar-refractivity contribution in [3.8, 4) is 0 Å². The van der Waals surface area contributed by atoms with E-state index in [1.165, 1.54) is 31.2 Å². The summed E-state index contributed by atoms with van der Waals surface area (Å²) >= 11 is 0. The number of rotatable bonds is 4. The average Bonchev–Trinajstić information content (AvgIpc) is 2.72. The van der Waals surface area contributed by atoms with Gasteiger partial charge in [0.15, 0.2) is 0 Å². The standard InChI is InChI=1S/C15H27N3/c1-15(2)7-5-13(6-8-15)14(16-3)9-12-10-17-18(4)11-12/h10-11,13-14,16H,5-9H2,1-4H3. The zero-order chi connectivity index (χ0) is 13.2. The van der Waals surface area contributed by atoms with E-state index in [2.05, 4.69) is 37.5 Å². The van der Waals surface area contributed by atoms with Crippen molar-refractivity contribution in [3.05, 3.63) is 18.0 Å². The Labute approximate surface area is 111 Å². The van der Waals surface area contributed by atoms with Gasteiger partial charge in [0.05, 0.1) is 6.20 Å². The fourth-order valence-electron chi connectivity index (χ4n) is 3.16. The van der Waals surface area contributed by atoms with Crippen molar-refractivity contribution in [1.82, 2.24) is 15.1 Å². The maximum Gasteiger partial charge on any atom is 0.0522 e. The van der Waals surface area contributed by atoms with E-state index >= 15 is 0 Å². The van der Waals surface area contributed by atoms with E-state index in [9.17, 15) is 0 Å². The third-order valence-electron chi connectivity index (χ3n) is 4.54. The molecule has 1 aliphatic carbocycles. The van der Waals surface area contributed by atoms with Gasteiger partial charge in [0.25, 0.3) is 0 Å². The van der Waals surface area contributed by atoms with Crippen LogP contribution in [-0.4, -0.2) is 22.9 Å². The molecule has 3 nitrogen and oxygen atoms in total. The lowest BCUT2D eigenvalue weighted by molar-refractivity contribution is 0.163. The second kappa shape index (κ2) is 5.43. The lowest BCUT2D eigenvalue weighted by Gasteiger charge is -2.38. The topological polar surface area (TPSA) is 29.9 Å². The number of nitrogens with zero attached hydrogens (tertiary/aromatic N) is 2. The minimum Gasteiger partial charge on any atom is -0.316 e. The van der Waals surface area contributed by atoms with Crippen molar-refractivity contribution < 1.29 is 0 Å². The Kier molecular flexibility index (Phi) is 4.10. The minimum absolute atomic E-state index is 0.559. The molecule has 3 heteroatoms. The van der Waals surface area contributed by atoms with Crippen molar-refractivity contribution in [1.29, 1.82) is 0 Å². The van der Waals surface area contributed by atoms with E-state index in [4.69, 9.17) is 0 Å². The van der Waals surface area contributed by atoms with Crippen LogP contribution in [0.15, 0.2) is 12.4 Å². The second-order valence-corrected chi connectivity index (χ2v) is 6.62. The van der Waals surface area contributed by atoms with Gasteiger partial charge in [-0.05, 0) is 56.0 Å². The lowest BCUT2D eigenvalue weighted by Crippen LogP contribution is -2.38. The van der Waals surface area contributed by atoms with Crippen molar-refractivity contribution in [2.24, 2.45) is 18.4 Å². The molecule has 2 rings (SSSR count). The van der Waals surface area contributed by atoms with Gasteiger partial charge < -0.3 is 5.32 Å². The maximum atomic E-state index is 4.26. The summed E-state index contributed by atoms with van der Waals surface area (Å²) in [7, 11) is 4.09. The second-order valence-electron chi connectivity index (χ2n) is 6.62. The van der Waals surface area contributed by atoms with Gasteiger partial charge in [-0.1, -0.05) is 13.8 Å². The Morgan fingerprint density at radius 3 is 2.61 bits per heavy atom. The van der Waals surface area contributed by atoms with E-state index in [0.29, 0.717) is 11.5 Å². The van der Waals surface area contributed by atoms with Gasteiger partial charge in [-0.15, -0.1) is 0 Å². The van der Waals surface area contributed by atoms with Crippen LogP contribution in [0.2, 0.25) is 0 Å². The molecular formula is C15H27N3. The molecule has 0 bridgehead atoms. The number of aryl methyl sites for hydroxylation is 1. The first-order chi connectivity index (χ1) is 8.50. The summed E-state index contributed by atoms with van der Waals surface area (Å²) in [5.74, 6) is 0.822. The normalized spacial score (nSPS) is 22.0. The fraction of sp³-hybridized carbons (Fsp3) is 0.800. The van der Waals surface area contributed by atoms with Crippen molar-refractivity contribution in [3.63, 3.8) is 0 Å². The molecular weight excluding hydrogens is 222 g/mol. The first-order valence-electron chi connectivity index (χ1n) is 7.15. The molecule has 1 N–H and O–H groups in total. The third kappa shape index (κ3) is 3.35. The van der Waals surface area contributed by atoms with Gasteiger partial charge in [-0.2, -0.15) is 5.10 Å². The molecule has 1 saturated carbocycles. The molecule has 1 aliphatic rings. The zero-order valence-electron chi connectivity index (χ0n) is 12.2. The van der Waals surface area contributed by atoms with Crippen LogP contribution in [0.3, 0.4) is 0 Å². The van der Waals surface area contributed by atoms with Crippen LogP contribution in [0.4, 0.5) is 0 Å². The summed E-state index contributed by atoms with van der Waals surface area (Å²) in [5, 5.41) is 7.78. The summed E-state index contributed by atoms with van der Waals surface area (Å²) in [6.07, 6.45) is 10.7. The van der Waals surface area contributed by atoms with Gasteiger partial charge in [-0.3, -0.25) is 4.68 Å². The number of hydrogen-bond acceptors (Lipinski definition) is 2. The van der Waals surface area contributed by atoms with Gasteiger partial charge in [0.2, 0.25) is 0 Å². The molecule has 0 aliphatic heterocycles. The Bertz CT molecular complexity index is 371. The highest BCUT2D eigenvalue weighted by molar-refractivity contribution is 5.07. The predicted molar refractivity (Wildman–Crippen MR) is 75.5 cm³/mol. The molecule has 0 amide bonds. The quantitative estimate of drug-likeness (QED) is 0.889. The highest BCUT2D eigenvalue weighted by atomic mass is 15.2. The van der Waals surface area contributed by atoms with Gasteiger partial charge in [-0.25, -0.2) is 0 Å². The molecule has 0 radical (unpaired) electrons. The zero-order valence-corrected chi connectivity index (χ0v) is 12.2. The summed E-state index contributed by atoms with van der Waals surface area (Å²) < 4.78 is 1.89. The monoisotopic (exact) mass is 249 g/mol. The van der Waals surface area contributed by atoms with E-state index in [1.54, 1.807) is 0 Å². The van der Waals surface area contributed by atoms with E-state index in [1.807, 2.05) is 17.9 Å². The molecule has 1 fully saturated rings. The van der Waals surface area contributed by atoms with E-state index in [0.717, 1.165) is 12.3 Å². The Morgan fingerprint density at radius 1 is 1.44 bits per heavy atom. The average molecular weight is 249 g/mol. The molecule has 1 aromatic rings. The molecule has 102 valence electrons. The lowest BCUT2D eigenvalue weighted by atomic mass is 9.70. The van der Waals surface area contributed by atoms with Crippen molar-refractivity contribution in [2.45, 2.75) is 52.0 Å². The molecule has 0 aromatic carbocycles. The fourth-order valence-corrected chi connectivity index (χ4v) is 3.16. The number of likely N-dealkylation sites (N-methyl/N-ethyl adjacent to an activating group) is 1. The molecule has 1 aromatic heterocycles. The van der Waals surface area contributed by atoms with Crippen molar-refractivity contribution >= 4 is 0 Å². The summed E-state index contributed by atoms with van der Waals surface area (Å²) in [6.45, 7) is 4.80. The number of nitrogens with one attached hydrogen (secondary N) is 1. The predicted octanol–water partition coefficient (Wildman–Crippen LogP) is 2.77. The number of aromatic nitrogens is 2. The summed E-state index contributed by atoms with van der Waals surface area (Å²) in [6, 6.07) is 0.602. The largest absolute Gasteiger partial charge is 0.316 e. The first kappa shape index (κ1) is 13.6.